The topological polar surface area (TPSA) is 46.3 Å². The molecule has 0 aromatic heterocycles. The predicted molar refractivity (Wildman–Crippen MR) is 60.1 cm³/mol. The monoisotopic (exact) mass is 274 g/mol. The van der Waals surface area contributed by atoms with E-state index in [1.807, 2.05) is 0 Å². The van der Waals surface area contributed by atoms with E-state index in [-0.39, 0.29) is 5.91 Å². The van der Waals surface area contributed by atoms with E-state index < -0.39 is 5.82 Å². The van der Waals surface area contributed by atoms with Gasteiger partial charge >= 0.3 is 0 Å². The maximum atomic E-state index is 12.9. The van der Waals surface area contributed by atoms with Gasteiger partial charge in [0, 0.05) is 24.6 Å². The third-order valence-corrected chi connectivity index (χ3v) is 2.66. The largest absolute Gasteiger partial charge is 0.340 e. The Hall–Kier alpha value is -0.940. The Morgan fingerprint density at radius 3 is 2.87 bits per heavy atom. The lowest BCUT2D eigenvalue weighted by Crippen LogP contribution is -2.31. The highest BCUT2D eigenvalue weighted by Crippen LogP contribution is 2.19. The smallest absolute Gasteiger partial charge is 0.254 e. The van der Waals surface area contributed by atoms with Crippen LogP contribution in [-0.4, -0.2) is 30.9 Å². The van der Waals surface area contributed by atoms with Crippen LogP contribution in [0.1, 0.15) is 10.4 Å². The lowest BCUT2D eigenvalue weighted by Gasteiger charge is -2.16. The first-order valence-electron chi connectivity index (χ1n) is 4.47. The van der Waals surface area contributed by atoms with Crippen molar-refractivity contribution in [2.45, 2.75) is 0 Å². The Bertz CT molecular complexity index is 370. The van der Waals surface area contributed by atoms with E-state index in [2.05, 4.69) is 15.9 Å². The van der Waals surface area contributed by atoms with E-state index in [9.17, 15) is 9.18 Å². The summed E-state index contributed by atoms with van der Waals surface area (Å²) in [5.41, 5.74) is 5.64. The van der Waals surface area contributed by atoms with Crippen LogP contribution >= 0.6 is 15.9 Å². The fourth-order valence-electron chi connectivity index (χ4n) is 1.16. The van der Waals surface area contributed by atoms with E-state index in [0.29, 0.717) is 23.1 Å². The molecule has 0 aliphatic carbocycles. The van der Waals surface area contributed by atoms with Crippen LogP contribution in [0.5, 0.6) is 0 Å². The molecule has 1 aromatic carbocycles. The van der Waals surface area contributed by atoms with Crippen molar-refractivity contribution >= 4 is 21.8 Å². The number of likely N-dealkylation sites (N-methyl/N-ethyl adjacent to an activating group) is 1. The summed E-state index contributed by atoms with van der Waals surface area (Å²) in [6, 6.07) is 4.02. The number of nitrogens with two attached hydrogens (primary N) is 1. The zero-order valence-electron chi connectivity index (χ0n) is 8.34. The molecule has 0 unspecified atom stereocenters. The van der Waals surface area contributed by atoms with Crippen LogP contribution in [0, 0.1) is 5.82 Å². The van der Waals surface area contributed by atoms with Gasteiger partial charge in [0.15, 0.2) is 0 Å². The number of carbonyl (C=O) groups is 1. The molecular formula is C10H12BrFN2O. The first-order chi connectivity index (χ1) is 7.06. The lowest BCUT2D eigenvalue weighted by atomic mass is 10.2. The standard InChI is InChI=1S/C10H12BrFN2O/c1-14(5-4-13)10(15)8-6-7(12)2-3-9(8)11/h2-3,6H,4-5,13H2,1H3. The van der Waals surface area contributed by atoms with Crippen molar-refractivity contribution in [2.75, 3.05) is 20.1 Å². The van der Waals surface area contributed by atoms with Crippen LogP contribution < -0.4 is 5.73 Å². The van der Waals surface area contributed by atoms with Gasteiger partial charge in [-0.15, -0.1) is 0 Å². The van der Waals surface area contributed by atoms with Gasteiger partial charge < -0.3 is 10.6 Å². The van der Waals surface area contributed by atoms with Gasteiger partial charge in [-0.25, -0.2) is 4.39 Å². The molecule has 0 saturated heterocycles. The van der Waals surface area contributed by atoms with Crippen molar-refractivity contribution < 1.29 is 9.18 Å². The molecule has 1 aromatic rings. The lowest BCUT2D eigenvalue weighted by molar-refractivity contribution is 0.0797. The van der Waals surface area contributed by atoms with Crippen molar-refractivity contribution in [2.24, 2.45) is 5.73 Å². The van der Waals surface area contributed by atoms with E-state index in [1.165, 1.54) is 23.1 Å². The number of rotatable bonds is 3. The Labute approximate surface area is 96.2 Å². The molecule has 0 aliphatic heterocycles. The molecule has 2 N–H and O–H groups in total. The molecule has 3 nitrogen and oxygen atoms in total. The first-order valence-corrected chi connectivity index (χ1v) is 5.26. The molecule has 0 radical (unpaired) electrons. The van der Waals surface area contributed by atoms with Gasteiger partial charge in [0.25, 0.3) is 5.91 Å². The van der Waals surface area contributed by atoms with Gasteiger partial charge in [0.2, 0.25) is 0 Å². The summed E-state index contributed by atoms with van der Waals surface area (Å²) in [5.74, 6) is -0.672. The number of hydrogen-bond acceptors (Lipinski definition) is 2. The predicted octanol–water partition coefficient (Wildman–Crippen LogP) is 1.62. The Morgan fingerprint density at radius 2 is 2.27 bits per heavy atom. The summed E-state index contributed by atoms with van der Waals surface area (Å²) in [4.78, 5) is 13.2. The van der Waals surface area contributed by atoms with Crippen molar-refractivity contribution in [3.05, 3.63) is 34.1 Å². The molecule has 0 bridgehead atoms. The first kappa shape index (κ1) is 12.1. The Balaban J connectivity index is 2.95. The van der Waals surface area contributed by atoms with E-state index >= 15 is 0 Å². The van der Waals surface area contributed by atoms with Gasteiger partial charge in [-0.1, -0.05) is 0 Å². The molecule has 1 amide bonds. The van der Waals surface area contributed by atoms with Crippen molar-refractivity contribution in [3.63, 3.8) is 0 Å². The number of nitrogens with zero attached hydrogens (tertiary/aromatic N) is 1. The number of amides is 1. The van der Waals surface area contributed by atoms with Gasteiger partial charge in [-0.2, -0.15) is 0 Å². The minimum absolute atomic E-state index is 0.244. The van der Waals surface area contributed by atoms with Crippen LogP contribution in [0.3, 0.4) is 0 Å². The van der Waals surface area contributed by atoms with Gasteiger partial charge in [0.1, 0.15) is 5.82 Å². The molecule has 0 aliphatic rings. The van der Waals surface area contributed by atoms with Crippen molar-refractivity contribution in [1.82, 2.24) is 4.90 Å². The van der Waals surface area contributed by atoms with E-state index in [4.69, 9.17) is 5.73 Å². The third kappa shape index (κ3) is 3.00. The SMILES string of the molecule is CN(CCN)C(=O)c1cc(F)ccc1Br. The Kier molecular flexibility index (Phi) is 4.23. The molecule has 0 fully saturated rings. The molecule has 0 saturated carbocycles. The second kappa shape index (κ2) is 5.23. The summed E-state index contributed by atoms with van der Waals surface area (Å²) in [6.07, 6.45) is 0. The molecule has 0 heterocycles. The van der Waals surface area contributed by atoms with Crippen molar-refractivity contribution in [1.29, 1.82) is 0 Å². The summed E-state index contributed by atoms with van der Waals surface area (Å²) in [6.45, 7) is 0.830. The van der Waals surface area contributed by atoms with Crippen LogP contribution in [0.4, 0.5) is 4.39 Å². The molecule has 0 spiro atoms. The minimum atomic E-state index is -0.428. The fourth-order valence-corrected chi connectivity index (χ4v) is 1.58. The third-order valence-electron chi connectivity index (χ3n) is 1.97. The number of benzene rings is 1. The highest BCUT2D eigenvalue weighted by Gasteiger charge is 2.14. The van der Waals surface area contributed by atoms with Gasteiger partial charge in [-0.05, 0) is 34.1 Å². The molecule has 1 rings (SSSR count). The maximum Gasteiger partial charge on any atom is 0.254 e. The summed E-state index contributed by atoms with van der Waals surface area (Å²) >= 11 is 3.21. The average Bonchev–Trinajstić information content (AvgIpc) is 2.21. The van der Waals surface area contributed by atoms with Crippen LogP contribution in [0.2, 0.25) is 0 Å². The fraction of sp³-hybridized carbons (Fsp3) is 0.300. The zero-order valence-corrected chi connectivity index (χ0v) is 9.92. The average molecular weight is 275 g/mol. The highest BCUT2D eigenvalue weighted by atomic mass is 79.9. The van der Waals surface area contributed by atoms with Gasteiger partial charge in [-0.3, -0.25) is 4.79 Å². The number of carbonyl (C=O) groups excluding carboxylic acids is 1. The second-order valence-corrected chi connectivity index (χ2v) is 3.99. The maximum absolute atomic E-state index is 12.9. The van der Waals surface area contributed by atoms with Crippen LogP contribution in [0.25, 0.3) is 0 Å². The highest BCUT2D eigenvalue weighted by molar-refractivity contribution is 9.10. The summed E-state index contributed by atoms with van der Waals surface area (Å²) < 4.78 is 13.5. The zero-order chi connectivity index (χ0) is 11.4. The van der Waals surface area contributed by atoms with Gasteiger partial charge in [0.05, 0.1) is 5.56 Å². The molecule has 82 valence electrons. The molecular weight excluding hydrogens is 263 g/mol. The normalized spacial score (nSPS) is 10.1. The van der Waals surface area contributed by atoms with E-state index in [1.54, 1.807) is 7.05 Å². The second-order valence-electron chi connectivity index (χ2n) is 3.14. The summed E-state index contributed by atoms with van der Waals surface area (Å²) in [7, 11) is 1.63. The Morgan fingerprint density at radius 1 is 1.60 bits per heavy atom. The molecule has 15 heavy (non-hydrogen) atoms. The minimum Gasteiger partial charge on any atom is -0.340 e. The quantitative estimate of drug-likeness (QED) is 0.911. The molecule has 5 heteroatoms. The number of halogens is 2. The van der Waals surface area contributed by atoms with Crippen molar-refractivity contribution in [3.8, 4) is 0 Å². The van der Waals surface area contributed by atoms with E-state index in [0.717, 1.165) is 0 Å². The van der Waals surface area contributed by atoms with Crippen LogP contribution in [0.15, 0.2) is 22.7 Å². The number of hydrogen-bond donors (Lipinski definition) is 1. The summed E-state index contributed by atoms with van der Waals surface area (Å²) in [5, 5.41) is 0. The van der Waals surface area contributed by atoms with Crippen LogP contribution in [-0.2, 0) is 0 Å². The molecule has 0 atom stereocenters.